The monoisotopic (exact) mass is 360 g/mol. The molecule has 1 atom stereocenters. The van der Waals surface area contributed by atoms with Crippen molar-refractivity contribution in [3.63, 3.8) is 0 Å². The average Bonchev–Trinajstić information content (AvgIpc) is 2.61. The number of hydrogen-bond donors (Lipinski definition) is 1. The molecule has 1 aliphatic heterocycles. The molecular weight excluding hydrogens is 336 g/mol. The number of anilines is 1. The van der Waals surface area contributed by atoms with Crippen molar-refractivity contribution >= 4 is 22.8 Å². The van der Waals surface area contributed by atoms with Gasteiger partial charge < -0.3 is 24.1 Å². The van der Waals surface area contributed by atoms with Crippen molar-refractivity contribution in [3.05, 3.63) is 39.5 Å². The SMILES string of the molecule is C[C@@H]1CN(c2cc(=O)c3cc(C(=O)N(C)C)cc(CCO)c3o2)CCO1. The van der Waals surface area contributed by atoms with Gasteiger partial charge in [0.15, 0.2) is 11.3 Å². The molecule has 2 heterocycles. The number of amides is 1. The van der Waals surface area contributed by atoms with Gasteiger partial charge in [0.1, 0.15) is 5.58 Å². The minimum Gasteiger partial charge on any atom is -0.440 e. The van der Waals surface area contributed by atoms with Gasteiger partial charge >= 0.3 is 0 Å². The second-order valence-corrected chi connectivity index (χ2v) is 6.76. The quantitative estimate of drug-likeness (QED) is 0.884. The van der Waals surface area contributed by atoms with Gasteiger partial charge in [-0.1, -0.05) is 0 Å². The molecule has 1 aromatic carbocycles. The molecule has 1 saturated heterocycles. The number of benzene rings is 1. The van der Waals surface area contributed by atoms with Crippen LogP contribution >= 0.6 is 0 Å². The smallest absolute Gasteiger partial charge is 0.253 e. The number of ether oxygens (including phenoxy) is 1. The maximum atomic E-state index is 12.7. The summed E-state index contributed by atoms with van der Waals surface area (Å²) in [6, 6.07) is 4.72. The Hall–Kier alpha value is -2.38. The van der Waals surface area contributed by atoms with Gasteiger partial charge in [-0.2, -0.15) is 0 Å². The second kappa shape index (κ2) is 7.47. The summed E-state index contributed by atoms with van der Waals surface area (Å²) in [6.45, 7) is 3.73. The zero-order valence-electron chi connectivity index (χ0n) is 15.3. The highest BCUT2D eigenvalue weighted by molar-refractivity contribution is 5.98. The molecule has 1 N–H and O–H groups in total. The fourth-order valence-corrected chi connectivity index (χ4v) is 3.18. The maximum Gasteiger partial charge on any atom is 0.253 e. The molecule has 26 heavy (non-hydrogen) atoms. The van der Waals surface area contributed by atoms with E-state index in [1.54, 1.807) is 26.2 Å². The molecule has 0 radical (unpaired) electrons. The van der Waals surface area contributed by atoms with Crippen LogP contribution in [0.3, 0.4) is 0 Å². The first-order valence-corrected chi connectivity index (χ1v) is 8.70. The predicted octanol–water partition coefficient (Wildman–Crippen LogP) is 1.25. The second-order valence-electron chi connectivity index (χ2n) is 6.76. The Labute approximate surface area is 151 Å². The Balaban J connectivity index is 2.14. The summed E-state index contributed by atoms with van der Waals surface area (Å²) in [7, 11) is 3.31. The average molecular weight is 360 g/mol. The molecule has 3 rings (SSSR count). The zero-order valence-corrected chi connectivity index (χ0v) is 15.3. The van der Waals surface area contributed by atoms with Gasteiger partial charge in [0, 0.05) is 45.4 Å². The molecule has 0 bridgehead atoms. The largest absolute Gasteiger partial charge is 0.440 e. The van der Waals surface area contributed by atoms with Crippen molar-refractivity contribution < 1.29 is 19.1 Å². The highest BCUT2D eigenvalue weighted by atomic mass is 16.5. The van der Waals surface area contributed by atoms with E-state index in [4.69, 9.17) is 9.15 Å². The number of carbonyl (C=O) groups is 1. The van der Waals surface area contributed by atoms with Crippen LogP contribution in [0, 0.1) is 0 Å². The Morgan fingerprint density at radius 1 is 1.35 bits per heavy atom. The minimum absolute atomic E-state index is 0.0572. The molecule has 1 aromatic heterocycles. The van der Waals surface area contributed by atoms with Gasteiger partial charge in [-0.3, -0.25) is 9.59 Å². The van der Waals surface area contributed by atoms with E-state index in [0.29, 0.717) is 54.1 Å². The standard InChI is InChI=1S/C19H24N2O5/c1-12-11-21(5-7-25-12)17-10-16(23)15-9-14(19(24)20(2)3)8-13(4-6-22)18(15)26-17/h8-10,12,22H,4-7,11H2,1-3H3/t12-/m1/s1. The van der Waals surface area contributed by atoms with E-state index >= 15 is 0 Å². The molecule has 140 valence electrons. The van der Waals surface area contributed by atoms with Gasteiger partial charge in [0.2, 0.25) is 0 Å². The summed E-state index contributed by atoms with van der Waals surface area (Å²) in [5.41, 5.74) is 1.28. The summed E-state index contributed by atoms with van der Waals surface area (Å²) >= 11 is 0. The van der Waals surface area contributed by atoms with Crippen molar-refractivity contribution in [3.8, 4) is 0 Å². The van der Waals surface area contributed by atoms with Crippen molar-refractivity contribution in [1.82, 2.24) is 4.90 Å². The number of rotatable bonds is 4. The van der Waals surface area contributed by atoms with Gasteiger partial charge in [0.05, 0.1) is 18.1 Å². The first-order valence-electron chi connectivity index (χ1n) is 8.70. The molecule has 0 aliphatic carbocycles. The molecule has 1 fully saturated rings. The van der Waals surface area contributed by atoms with E-state index in [1.165, 1.54) is 11.0 Å². The maximum absolute atomic E-state index is 12.7. The summed E-state index contributed by atoms with van der Waals surface area (Å²) < 4.78 is 11.6. The van der Waals surface area contributed by atoms with Crippen LogP contribution < -0.4 is 10.3 Å². The van der Waals surface area contributed by atoms with Crippen molar-refractivity contribution in [2.24, 2.45) is 0 Å². The lowest BCUT2D eigenvalue weighted by atomic mass is 10.0. The van der Waals surface area contributed by atoms with E-state index in [0.717, 1.165) is 0 Å². The molecule has 1 aliphatic rings. The van der Waals surface area contributed by atoms with Crippen LogP contribution in [0.2, 0.25) is 0 Å². The zero-order chi connectivity index (χ0) is 18.8. The van der Waals surface area contributed by atoms with Crippen LogP contribution in [-0.4, -0.2) is 62.4 Å². The molecular formula is C19H24N2O5. The summed E-state index contributed by atoms with van der Waals surface area (Å²) in [5, 5.41) is 9.75. The molecule has 2 aromatic rings. The van der Waals surface area contributed by atoms with Crippen LogP contribution in [0.4, 0.5) is 5.88 Å². The Bertz CT molecular complexity index is 874. The third kappa shape index (κ3) is 3.59. The summed E-state index contributed by atoms with van der Waals surface area (Å²) in [5.74, 6) is 0.292. The normalized spacial score (nSPS) is 17.5. The lowest BCUT2D eigenvalue weighted by molar-refractivity contribution is 0.0517. The highest BCUT2D eigenvalue weighted by Crippen LogP contribution is 2.26. The molecule has 7 heteroatoms. The third-order valence-electron chi connectivity index (χ3n) is 4.48. The number of carbonyl (C=O) groups excluding carboxylic acids is 1. The van der Waals surface area contributed by atoms with Gasteiger partial charge in [-0.15, -0.1) is 0 Å². The van der Waals surface area contributed by atoms with Gasteiger partial charge in [-0.25, -0.2) is 0 Å². The first kappa shape index (κ1) is 18.4. The van der Waals surface area contributed by atoms with Crippen molar-refractivity contribution in [2.75, 3.05) is 45.3 Å². The first-order chi connectivity index (χ1) is 12.4. The number of fused-ring (bicyclic) bond motifs is 1. The van der Waals surface area contributed by atoms with E-state index in [2.05, 4.69) is 0 Å². The molecule has 0 saturated carbocycles. The van der Waals surface area contributed by atoms with Crippen molar-refractivity contribution in [1.29, 1.82) is 0 Å². The van der Waals surface area contributed by atoms with Gasteiger partial charge in [-0.05, 0) is 31.0 Å². The fourth-order valence-electron chi connectivity index (χ4n) is 3.18. The lowest BCUT2D eigenvalue weighted by Crippen LogP contribution is -2.41. The Kier molecular flexibility index (Phi) is 5.29. The van der Waals surface area contributed by atoms with E-state index in [1.807, 2.05) is 11.8 Å². The van der Waals surface area contributed by atoms with Crippen LogP contribution in [0.25, 0.3) is 11.0 Å². The van der Waals surface area contributed by atoms with Crippen LogP contribution in [-0.2, 0) is 11.2 Å². The molecule has 1 amide bonds. The Morgan fingerprint density at radius 3 is 2.77 bits per heavy atom. The number of hydrogen-bond acceptors (Lipinski definition) is 6. The topological polar surface area (TPSA) is 83.2 Å². The van der Waals surface area contributed by atoms with Crippen LogP contribution in [0.1, 0.15) is 22.8 Å². The summed E-state index contributed by atoms with van der Waals surface area (Å²) in [6.07, 6.45) is 0.360. The number of aliphatic hydroxyl groups is 1. The highest BCUT2D eigenvalue weighted by Gasteiger charge is 2.21. The van der Waals surface area contributed by atoms with Gasteiger partial charge in [0.25, 0.3) is 5.91 Å². The lowest BCUT2D eigenvalue weighted by Gasteiger charge is -2.31. The summed E-state index contributed by atoms with van der Waals surface area (Å²) in [4.78, 5) is 28.5. The van der Waals surface area contributed by atoms with Crippen LogP contribution in [0.15, 0.2) is 27.4 Å². The minimum atomic E-state index is -0.201. The van der Waals surface area contributed by atoms with E-state index < -0.39 is 0 Å². The third-order valence-corrected chi connectivity index (χ3v) is 4.48. The Morgan fingerprint density at radius 2 is 2.12 bits per heavy atom. The molecule has 7 nitrogen and oxygen atoms in total. The van der Waals surface area contributed by atoms with E-state index in [-0.39, 0.29) is 24.0 Å². The van der Waals surface area contributed by atoms with Crippen molar-refractivity contribution in [2.45, 2.75) is 19.4 Å². The van der Waals surface area contributed by atoms with E-state index in [9.17, 15) is 14.7 Å². The predicted molar refractivity (Wildman–Crippen MR) is 98.9 cm³/mol. The number of morpholine rings is 1. The molecule has 0 unspecified atom stereocenters. The van der Waals surface area contributed by atoms with Crippen LogP contribution in [0.5, 0.6) is 0 Å². The number of nitrogens with zero attached hydrogens (tertiary/aromatic N) is 2. The molecule has 0 spiro atoms. The fraction of sp³-hybridized carbons (Fsp3) is 0.474. The number of aliphatic hydroxyl groups excluding tert-OH is 1.